The maximum absolute atomic E-state index is 12.7. The molecule has 29 heavy (non-hydrogen) atoms. The van der Waals surface area contributed by atoms with E-state index in [2.05, 4.69) is 4.98 Å². The Balaban J connectivity index is 1.39. The molecular formula is C24H23N3O2. The number of para-hydroxylation sites is 2. The first-order chi connectivity index (χ1) is 14.1. The molecule has 0 bridgehead atoms. The minimum atomic E-state index is -0.0279. The standard InChI is InChI=1S/C24H23N3O2/c1-18-6-5-7-21(16-18)29-15-14-26(2)24(28)19-10-12-20(13-11-19)27-17-25-22-8-3-4-9-23(22)27/h3-13,16-17H,14-15H2,1-2H3. The number of rotatable bonds is 6. The van der Waals surface area contributed by atoms with Gasteiger partial charge in [0.2, 0.25) is 0 Å². The topological polar surface area (TPSA) is 47.4 Å². The maximum atomic E-state index is 12.7. The number of aryl methyl sites for hydroxylation is 1. The van der Waals surface area contributed by atoms with Crippen molar-refractivity contribution < 1.29 is 9.53 Å². The molecule has 1 aromatic heterocycles. The fraction of sp³-hybridized carbons (Fsp3) is 0.167. The predicted octanol–water partition coefficient (Wildman–Crippen LogP) is 4.48. The van der Waals surface area contributed by atoms with Crippen molar-refractivity contribution in [2.45, 2.75) is 6.92 Å². The van der Waals surface area contributed by atoms with E-state index in [9.17, 15) is 4.79 Å². The number of fused-ring (bicyclic) bond motifs is 1. The number of nitrogens with zero attached hydrogens (tertiary/aromatic N) is 3. The van der Waals surface area contributed by atoms with Gasteiger partial charge in [0.05, 0.1) is 17.6 Å². The Morgan fingerprint density at radius 3 is 2.62 bits per heavy atom. The van der Waals surface area contributed by atoms with E-state index in [4.69, 9.17) is 4.74 Å². The van der Waals surface area contributed by atoms with Gasteiger partial charge < -0.3 is 9.64 Å². The maximum Gasteiger partial charge on any atom is 0.253 e. The second-order valence-electron chi connectivity index (χ2n) is 7.04. The zero-order valence-electron chi connectivity index (χ0n) is 16.6. The highest BCUT2D eigenvalue weighted by molar-refractivity contribution is 5.94. The van der Waals surface area contributed by atoms with Gasteiger partial charge in [-0.3, -0.25) is 9.36 Å². The SMILES string of the molecule is Cc1cccc(OCCN(C)C(=O)c2ccc(-n3cnc4ccccc43)cc2)c1. The normalized spacial score (nSPS) is 10.8. The Morgan fingerprint density at radius 1 is 1.03 bits per heavy atom. The van der Waals surface area contributed by atoms with E-state index < -0.39 is 0 Å². The summed E-state index contributed by atoms with van der Waals surface area (Å²) in [5.41, 5.74) is 4.76. The zero-order chi connectivity index (χ0) is 20.2. The molecule has 4 aromatic rings. The summed E-state index contributed by atoms with van der Waals surface area (Å²) in [5, 5.41) is 0. The molecule has 0 fully saturated rings. The van der Waals surface area contributed by atoms with Crippen LogP contribution in [0.15, 0.2) is 79.1 Å². The summed E-state index contributed by atoms with van der Waals surface area (Å²) < 4.78 is 7.77. The number of likely N-dealkylation sites (N-methyl/N-ethyl adjacent to an activating group) is 1. The molecule has 0 N–H and O–H groups in total. The number of hydrogen-bond acceptors (Lipinski definition) is 3. The molecule has 146 valence electrons. The molecule has 4 rings (SSSR count). The Bertz CT molecular complexity index is 1130. The van der Waals surface area contributed by atoms with Gasteiger partial charge in [0, 0.05) is 18.3 Å². The monoisotopic (exact) mass is 385 g/mol. The molecule has 0 aliphatic heterocycles. The predicted molar refractivity (Wildman–Crippen MR) is 115 cm³/mol. The Morgan fingerprint density at radius 2 is 1.83 bits per heavy atom. The van der Waals surface area contributed by atoms with Crippen LogP contribution in [-0.2, 0) is 0 Å². The van der Waals surface area contributed by atoms with E-state index in [1.807, 2.05) is 84.3 Å². The highest BCUT2D eigenvalue weighted by Gasteiger charge is 2.12. The molecule has 0 unspecified atom stereocenters. The van der Waals surface area contributed by atoms with Gasteiger partial charge in [0.1, 0.15) is 18.7 Å². The van der Waals surface area contributed by atoms with Gasteiger partial charge >= 0.3 is 0 Å². The summed E-state index contributed by atoms with van der Waals surface area (Å²) in [4.78, 5) is 18.8. The molecule has 0 aliphatic carbocycles. The molecule has 0 radical (unpaired) electrons. The molecule has 0 aliphatic rings. The summed E-state index contributed by atoms with van der Waals surface area (Å²) in [7, 11) is 1.79. The van der Waals surface area contributed by atoms with E-state index >= 15 is 0 Å². The molecule has 5 nitrogen and oxygen atoms in total. The van der Waals surface area contributed by atoms with Gasteiger partial charge in [0.25, 0.3) is 5.91 Å². The van der Waals surface area contributed by atoms with Crippen LogP contribution in [0.3, 0.4) is 0 Å². The van der Waals surface area contributed by atoms with Crippen molar-refractivity contribution in [3.05, 3.63) is 90.3 Å². The third-order valence-electron chi connectivity index (χ3n) is 4.88. The molecular weight excluding hydrogens is 362 g/mol. The van der Waals surface area contributed by atoms with Crippen molar-refractivity contribution in [1.29, 1.82) is 0 Å². The lowest BCUT2D eigenvalue weighted by Crippen LogP contribution is -2.30. The highest BCUT2D eigenvalue weighted by atomic mass is 16.5. The first-order valence-electron chi connectivity index (χ1n) is 9.59. The number of carbonyl (C=O) groups is 1. The van der Waals surface area contributed by atoms with Crippen LogP contribution in [0.25, 0.3) is 16.7 Å². The third-order valence-corrected chi connectivity index (χ3v) is 4.88. The molecule has 0 saturated carbocycles. The summed E-state index contributed by atoms with van der Waals surface area (Å²) in [6.45, 7) is 2.99. The van der Waals surface area contributed by atoms with Crippen LogP contribution < -0.4 is 4.74 Å². The van der Waals surface area contributed by atoms with E-state index in [0.29, 0.717) is 18.7 Å². The van der Waals surface area contributed by atoms with Crippen LogP contribution >= 0.6 is 0 Å². The Kier molecular flexibility index (Phi) is 5.29. The first kappa shape index (κ1) is 18.7. The highest BCUT2D eigenvalue weighted by Crippen LogP contribution is 2.19. The van der Waals surface area contributed by atoms with Crippen molar-refractivity contribution in [2.75, 3.05) is 20.2 Å². The van der Waals surface area contributed by atoms with Gasteiger partial charge in [-0.15, -0.1) is 0 Å². The lowest BCUT2D eigenvalue weighted by molar-refractivity contribution is 0.0774. The molecule has 0 spiro atoms. The van der Waals surface area contributed by atoms with Crippen LogP contribution in [0, 0.1) is 6.92 Å². The first-order valence-corrected chi connectivity index (χ1v) is 9.59. The largest absolute Gasteiger partial charge is 0.492 e. The third kappa shape index (κ3) is 4.14. The van der Waals surface area contributed by atoms with Crippen LogP contribution in [0.1, 0.15) is 15.9 Å². The number of carbonyl (C=O) groups excluding carboxylic acids is 1. The van der Waals surface area contributed by atoms with E-state index in [0.717, 1.165) is 28.0 Å². The molecule has 0 atom stereocenters. The number of benzene rings is 3. The lowest BCUT2D eigenvalue weighted by Gasteiger charge is -2.18. The van der Waals surface area contributed by atoms with Crippen LogP contribution in [0.2, 0.25) is 0 Å². The molecule has 3 aromatic carbocycles. The fourth-order valence-corrected chi connectivity index (χ4v) is 3.26. The number of hydrogen-bond donors (Lipinski definition) is 0. The van der Waals surface area contributed by atoms with Crippen molar-refractivity contribution in [2.24, 2.45) is 0 Å². The van der Waals surface area contributed by atoms with Gasteiger partial charge in [-0.25, -0.2) is 4.98 Å². The van der Waals surface area contributed by atoms with Gasteiger partial charge in [-0.2, -0.15) is 0 Å². The van der Waals surface area contributed by atoms with Crippen LogP contribution in [-0.4, -0.2) is 40.6 Å². The summed E-state index contributed by atoms with van der Waals surface area (Å²) >= 11 is 0. The quantitative estimate of drug-likeness (QED) is 0.491. The summed E-state index contributed by atoms with van der Waals surface area (Å²) in [5.74, 6) is 0.794. The minimum absolute atomic E-state index is 0.0279. The number of ether oxygens (including phenoxy) is 1. The van der Waals surface area contributed by atoms with Crippen molar-refractivity contribution in [3.8, 4) is 11.4 Å². The smallest absolute Gasteiger partial charge is 0.253 e. The number of imidazole rings is 1. The average molecular weight is 385 g/mol. The Hall–Kier alpha value is -3.60. The van der Waals surface area contributed by atoms with Gasteiger partial charge in [-0.05, 0) is 61.0 Å². The second kappa shape index (κ2) is 8.19. The van der Waals surface area contributed by atoms with Crippen molar-refractivity contribution in [3.63, 3.8) is 0 Å². The fourth-order valence-electron chi connectivity index (χ4n) is 3.26. The van der Waals surface area contributed by atoms with E-state index in [1.54, 1.807) is 18.3 Å². The average Bonchev–Trinajstić information content (AvgIpc) is 3.17. The van der Waals surface area contributed by atoms with Gasteiger partial charge in [-0.1, -0.05) is 24.3 Å². The van der Waals surface area contributed by atoms with Crippen LogP contribution in [0.5, 0.6) is 5.75 Å². The molecule has 1 amide bonds. The van der Waals surface area contributed by atoms with Crippen LogP contribution in [0.4, 0.5) is 0 Å². The summed E-state index contributed by atoms with van der Waals surface area (Å²) in [6.07, 6.45) is 1.80. The lowest BCUT2D eigenvalue weighted by atomic mass is 10.2. The molecule has 0 saturated heterocycles. The molecule has 1 heterocycles. The van der Waals surface area contributed by atoms with Gasteiger partial charge in [0.15, 0.2) is 0 Å². The molecule has 5 heteroatoms. The zero-order valence-corrected chi connectivity index (χ0v) is 16.6. The summed E-state index contributed by atoms with van der Waals surface area (Å²) in [6, 6.07) is 23.5. The van der Waals surface area contributed by atoms with Crippen molar-refractivity contribution >= 4 is 16.9 Å². The number of aromatic nitrogens is 2. The second-order valence-corrected chi connectivity index (χ2v) is 7.04. The Labute approximate surface area is 170 Å². The minimum Gasteiger partial charge on any atom is -0.492 e. The van der Waals surface area contributed by atoms with Crippen molar-refractivity contribution in [1.82, 2.24) is 14.5 Å². The van der Waals surface area contributed by atoms with E-state index in [-0.39, 0.29) is 5.91 Å². The van der Waals surface area contributed by atoms with E-state index in [1.165, 1.54) is 0 Å². The number of amides is 1.